The van der Waals surface area contributed by atoms with Crippen LogP contribution in [0.5, 0.6) is 0 Å². The Morgan fingerprint density at radius 1 is 1.13 bits per heavy atom. The molecule has 0 aromatic carbocycles. The first-order valence-corrected chi connectivity index (χ1v) is 6.57. The van der Waals surface area contributed by atoms with Crippen molar-refractivity contribution >= 4 is 0 Å². The second-order valence-corrected chi connectivity index (χ2v) is 5.56. The summed E-state index contributed by atoms with van der Waals surface area (Å²) in [5.41, 5.74) is 6.28. The monoisotopic (exact) mass is 212 g/mol. The van der Waals surface area contributed by atoms with Crippen LogP contribution in [0.15, 0.2) is 0 Å². The third-order valence-electron chi connectivity index (χ3n) is 3.50. The van der Waals surface area contributed by atoms with E-state index in [1.54, 1.807) is 0 Å². The summed E-state index contributed by atoms with van der Waals surface area (Å²) in [6, 6.07) is 1.02. The van der Waals surface area contributed by atoms with E-state index in [-0.39, 0.29) is 0 Å². The molecule has 1 aliphatic carbocycles. The second kappa shape index (κ2) is 6.49. The molecule has 2 nitrogen and oxygen atoms in total. The minimum absolute atomic E-state index is 0.397. The first kappa shape index (κ1) is 13.0. The van der Waals surface area contributed by atoms with Crippen LogP contribution in [0.25, 0.3) is 0 Å². The van der Waals surface area contributed by atoms with Gasteiger partial charge in [-0.2, -0.15) is 0 Å². The zero-order chi connectivity index (χ0) is 11.3. The van der Waals surface area contributed by atoms with Crippen LogP contribution in [0.4, 0.5) is 0 Å². The van der Waals surface area contributed by atoms with Gasteiger partial charge in [0.1, 0.15) is 0 Å². The molecule has 2 N–H and O–H groups in total. The third kappa shape index (κ3) is 4.52. The Morgan fingerprint density at radius 3 is 2.33 bits per heavy atom. The lowest BCUT2D eigenvalue weighted by atomic mass is 9.91. The maximum absolute atomic E-state index is 6.28. The normalized spacial score (nSPS) is 29.2. The summed E-state index contributed by atoms with van der Waals surface area (Å²) >= 11 is 0. The zero-order valence-corrected chi connectivity index (χ0v) is 10.7. The average Bonchev–Trinajstić information content (AvgIpc) is 2.10. The van der Waals surface area contributed by atoms with Crippen molar-refractivity contribution in [2.75, 3.05) is 13.6 Å². The molecule has 2 atom stereocenters. The van der Waals surface area contributed by atoms with Gasteiger partial charge in [-0.15, -0.1) is 0 Å². The molecule has 1 saturated carbocycles. The van der Waals surface area contributed by atoms with Crippen LogP contribution >= 0.6 is 0 Å². The fourth-order valence-corrected chi connectivity index (χ4v) is 2.75. The average molecular weight is 212 g/mol. The van der Waals surface area contributed by atoms with Gasteiger partial charge in [-0.3, -0.25) is 0 Å². The Balaban J connectivity index is 2.46. The van der Waals surface area contributed by atoms with Gasteiger partial charge in [-0.1, -0.05) is 39.5 Å². The first-order valence-electron chi connectivity index (χ1n) is 6.57. The van der Waals surface area contributed by atoms with Gasteiger partial charge in [0.05, 0.1) is 0 Å². The highest BCUT2D eigenvalue weighted by Crippen LogP contribution is 2.20. The van der Waals surface area contributed by atoms with Gasteiger partial charge in [-0.25, -0.2) is 0 Å². The minimum Gasteiger partial charge on any atom is -0.326 e. The lowest BCUT2D eigenvalue weighted by Gasteiger charge is -2.35. The van der Waals surface area contributed by atoms with Crippen LogP contribution in [0.3, 0.4) is 0 Å². The highest BCUT2D eigenvalue weighted by molar-refractivity contribution is 4.82. The van der Waals surface area contributed by atoms with Gasteiger partial charge in [0.25, 0.3) is 0 Å². The van der Waals surface area contributed by atoms with Crippen molar-refractivity contribution in [3.05, 3.63) is 0 Å². The summed E-state index contributed by atoms with van der Waals surface area (Å²) < 4.78 is 0. The molecule has 0 radical (unpaired) electrons. The van der Waals surface area contributed by atoms with Gasteiger partial charge in [0.15, 0.2) is 0 Å². The van der Waals surface area contributed by atoms with E-state index in [1.165, 1.54) is 45.1 Å². The van der Waals surface area contributed by atoms with Gasteiger partial charge in [0, 0.05) is 18.6 Å². The van der Waals surface area contributed by atoms with Crippen LogP contribution in [0.2, 0.25) is 0 Å². The van der Waals surface area contributed by atoms with E-state index in [4.69, 9.17) is 5.73 Å². The van der Waals surface area contributed by atoms with Crippen molar-refractivity contribution in [1.29, 1.82) is 0 Å². The summed E-state index contributed by atoms with van der Waals surface area (Å²) in [5.74, 6) is 0.743. The van der Waals surface area contributed by atoms with Crippen LogP contribution < -0.4 is 5.73 Å². The number of nitrogens with two attached hydrogens (primary N) is 1. The largest absolute Gasteiger partial charge is 0.326 e. The second-order valence-electron chi connectivity index (χ2n) is 5.56. The number of rotatable bonds is 3. The summed E-state index contributed by atoms with van der Waals surface area (Å²) in [4.78, 5) is 2.49. The molecule has 0 spiro atoms. The smallest absolute Gasteiger partial charge is 0.0244 e. The van der Waals surface area contributed by atoms with Crippen molar-refractivity contribution in [3.63, 3.8) is 0 Å². The minimum atomic E-state index is 0.397. The molecule has 15 heavy (non-hydrogen) atoms. The lowest BCUT2D eigenvalue weighted by Crippen LogP contribution is -2.47. The maximum atomic E-state index is 6.28. The molecule has 2 unspecified atom stereocenters. The molecule has 0 saturated heterocycles. The predicted molar refractivity (Wildman–Crippen MR) is 66.9 cm³/mol. The third-order valence-corrected chi connectivity index (χ3v) is 3.50. The lowest BCUT2D eigenvalue weighted by molar-refractivity contribution is 0.165. The van der Waals surface area contributed by atoms with E-state index in [0.29, 0.717) is 12.1 Å². The quantitative estimate of drug-likeness (QED) is 0.779. The Labute approximate surface area is 95.2 Å². The van der Waals surface area contributed by atoms with Crippen molar-refractivity contribution < 1.29 is 0 Å². The fraction of sp³-hybridized carbons (Fsp3) is 1.00. The van der Waals surface area contributed by atoms with Crippen molar-refractivity contribution in [2.24, 2.45) is 11.7 Å². The number of hydrogen-bond acceptors (Lipinski definition) is 2. The van der Waals surface area contributed by atoms with Gasteiger partial charge < -0.3 is 10.6 Å². The Kier molecular flexibility index (Phi) is 5.62. The molecule has 1 fully saturated rings. The van der Waals surface area contributed by atoms with Crippen molar-refractivity contribution in [2.45, 2.75) is 64.5 Å². The van der Waals surface area contributed by atoms with E-state index in [1.807, 2.05) is 0 Å². The van der Waals surface area contributed by atoms with E-state index in [9.17, 15) is 0 Å². The predicted octanol–water partition coefficient (Wildman–Crippen LogP) is 2.62. The van der Waals surface area contributed by atoms with Crippen LogP contribution in [0, 0.1) is 5.92 Å². The Hall–Kier alpha value is -0.0800. The first-order chi connectivity index (χ1) is 7.11. The molecular weight excluding hydrogens is 184 g/mol. The zero-order valence-electron chi connectivity index (χ0n) is 10.7. The van der Waals surface area contributed by atoms with E-state index >= 15 is 0 Å². The Bertz CT molecular complexity index is 168. The topological polar surface area (TPSA) is 29.3 Å². The van der Waals surface area contributed by atoms with E-state index < -0.39 is 0 Å². The van der Waals surface area contributed by atoms with Gasteiger partial charge in [0.2, 0.25) is 0 Å². The molecule has 1 rings (SSSR count). The highest BCUT2D eigenvalue weighted by Gasteiger charge is 2.23. The van der Waals surface area contributed by atoms with Crippen LogP contribution in [-0.2, 0) is 0 Å². The highest BCUT2D eigenvalue weighted by atomic mass is 15.1. The van der Waals surface area contributed by atoms with E-state index in [0.717, 1.165) is 5.92 Å². The summed E-state index contributed by atoms with van der Waals surface area (Å²) in [7, 11) is 2.24. The van der Waals surface area contributed by atoms with Crippen molar-refractivity contribution in [3.8, 4) is 0 Å². The Morgan fingerprint density at radius 2 is 1.73 bits per heavy atom. The molecule has 1 aliphatic rings. The van der Waals surface area contributed by atoms with Crippen LogP contribution in [-0.4, -0.2) is 30.6 Å². The molecule has 2 heteroatoms. The molecule has 0 heterocycles. The SMILES string of the molecule is CC(C)CN(C)C1CCCCCCC1N. The molecule has 0 bridgehead atoms. The summed E-state index contributed by atoms with van der Waals surface area (Å²) in [5, 5.41) is 0. The van der Waals surface area contributed by atoms with Crippen molar-refractivity contribution in [1.82, 2.24) is 4.90 Å². The number of hydrogen-bond donors (Lipinski definition) is 1. The van der Waals surface area contributed by atoms with Gasteiger partial charge in [-0.05, 0) is 25.8 Å². The van der Waals surface area contributed by atoms with E-state index in [2.05, 4.69) is 25.8 Å². The molecule has 0 aromatic rings. The molecule has 0 aliphatic heterocycles. The number of likely N-dealkylation sites (N-methyl/N-ethyl adjacent to an activating group) is 1. The number of nitrogens with zero attached hydrogens (tertiary/aromatic N) is 1. The standard InChI is InChI=1S/C13H28N2/c1-11(2)10-15(3)13-9-7-5-4-6-8-12(13)14/h11-13H,4-10,14H2,1-3H3. The summed E-state index contributed by atoms with van der Waals surface area (Å²) in [6.45, 7) is 5.74. The molecule has 0 amide bonds. The van der Waals surface area contributed by atoms with Gasteiger partial charge >= 0.3 is 0 Å². The maximum Gasteiger partial charge on any atom is 0.0244 e. The molecular formula is C13H28N2. The molecule has 0 aromatic heterocycles. The van der Waals surface area contributed by atoms with Crippen LogP contribution in [0.1, 0.15) is 52.4 Å². The molecule has 90 valence electrons. The summed E-state index contributed by atoms with van der Waals surface area (Å²) in [6.07, 6.45) is 7.98. The fourth-order valence-electron chi connectivity index (χ4n) is 2.75.